The highest BCUT2D eigenvalue weighted by Gasteiger charge is 2.15. The topological polar surface area (TPSA) is 96.5 Å². The molecule has 1 fully saturated rings. The highest BCUT2D eigenvalue weighted by Crippen LogP contribution is 2.30. The molecule has 1 aliphatic rings. The lowest BCUT2D eigenvalue weighted by Gasteiger charge is -2.28. The Morgan fingerprint density at radius 2 is 1.82 bits per heavy atom. The summed E-state index contributed by atoms with van der Waals surface area (Å²) in [7, 11) is -2.14. The van der Waals surface area contributed by atoms with Crippen molar-refractivity contribution in [3.63, 3.8) is 0 Å². The summed E-state index contributed by atoms with van der Waals surface area (Å²) in [5.74, 6) is 0.610. The average molecular weight is 486 g/mol. The maximum atomic E-state index is 12.2. The number of ether oxygens (including phenoxy) is 1. The van der Waals surface area contributed by atoms with Crippen molar-refractivity contribution in [2.24, 2.45) is 0 Å². The Hall–Kier alpha value is -2.66. The molecule has 2 heterocycles. The minimum atomic E-state index is -3.54. The van der Waals surface area contributed by atoms with E-state index in [2.05, 4.69) is 49.2 Å². The minimum absolute atomic E-state index is 0.194. The van der Waals surface area contributed by atoms with Gasteiger partial charge in [-0.1, -0.05) is 12.1 Å². The van der Waals surface area contributed by atoms with Gasteiger partial charge in [-0.2, -0.15) is 0 Å². The van der Waals surface area contributed by atoms with Crippen molar-refractivity contribution in [1.82, 2.24) is 14.7 Å². The quantitative estimate of drug-likeness (QED) is 0.470. The first-order valence-corrected chi connectivity index (χ1v) is 13.3. The van der Waals surface area contributed by atoms with E-state index in [1.54, 1.807) is 18.2 Å². The summed E-state index contributed by atoms with van der Waals surface area (Å²) < 4.78 is 32.2. The lowest BCUT2D eigenvalue weighted by molar-refractivity contribution is 0.122. The Labute approximate surface area is 198 Å². The number of nitrogens with zero attached hydrogens (tertiary/aromatic N) is 3. The van der Waals surface area contributed by atoms with E-state index in [4.69, 9.17) is 4.74 Å². The summed E-state index contributed by atoms with van der Waals surface area (Å²) in [6, 6.07) is 15.4. The molecule has 0 radical (unpaired) electrons. The van der Waals surface area contributed by atoms with Crippen LogP contribution in [0, 0.1) is 0 Å². The van der Waals surface area contributed by atoms with E-state index in [0.717, 1.165) is 42.5 Å². The molecule has 0 aliphatic carbocycles. The number of hydrogen-bond acceptors (Lipinski definition) is 8. The van der Waals surface area contributed by atoms with Gasteiger partial charge >= 0.3 is 0 Å². The molecular formula is C23H27N5O3S2. The number of aromatic nitrogens is 2. The van der Waals surface area contributed by atoms with Crippen LogP contribution in [0.2, 0.25) is 0 Å². The van der Waals surface area contributed by atoms with E-state index in [1.807, 2.05) is 12.3 Å². The number of rotatable bonds is 8. The largest absolute Gasteiger partial charge is 0.378 e. The number of sulfonamides is 1. The fourth-order valence-corrected chi connectivity index (χ4v) is 4.92. The van der Waals surface area contributed by atoms with Gasteiger partial charge in [-0.25, -0.2) is 23.1 Å². The zero-order valence-electron chi connectivity index (χ0n) is 18.6. The standard InChI is InChI=1S/C23H27N5O3S2/c1-24-33(29,30)20-7-8-22(32-2)21(15-20)27-23-14-18(25-16-26-23)13-17-3-5-19(6-4-17)28-9-11-31-12-10-28/h3-8,14-16,24H,9-13H2,1-2H3,(H,25,26,27). The fourth-order valence-electron chi connectivity index (χ4n) is 3.63. The maximum Gasteiger partial charge on any atom is 0.240 e. The maximum absolute atomic E-state index is 12.2. The van der Waals surface area contributed by atoms with Gasteiger partial charge in [0.1, 0.15) is 12.1 Å². The molecule has 0 spiro atoms. The molecule has 2 aromatic carbocycles. The number of thioether (sulfide) groups is 1. The van der Waals surface area contributed by atoms with Crippen molar-refractivity contribution in [2.75, 3.05) is 49.8 Å². The Morgan fingerprint density at radius 3 is 2.52 bits per heavy atom. The molecule has 3 aromatic rings. The Balaban J connectivity index is 1.50. The van der Waals surface area contributed by atoms with Crippen molar-refractivity contribution in [3.8, 4) is 0 Å². The monoisotopic (exact) mass is 485 g/mol. The molecule has 0 saturated carbocycles. The van der Waals surface area contributed by atoms with Crippen molar-refractivity contribution in [3.05, 3.63) is 66.1 Å². The second-order valence-corrected chi connectivity index (χ2v) is 10.3. The molecule has 0 atom stereocenters. The van der Waals surface area contributed by atoms with Gasteiger partial charge in [-0.15, -0.1) is 11.8 Å². The molecule has 1 aliphatic heterocycles. The van der Waals surface area contributed by atoms with Crippen LogP contribution in [-0.4, -0.2) is 58.0 Å². The van der Waals surface area contributed by atoms with Gasteiger partial charge in [0.2, 0.25) is 10.0 Å². The zero-order chi connectivity index (χ0) is 23.3. The molecule has 1 aromatic heterocycles. The van der Waals surface area contributed by atoms with E-state index in [-0.39, 0.29) is 4.90 Å². The van der Waals surface area contributed by atoms with E-state index in [0.29, 0.717) is 17.9 Å². The number of benzene rings is 2. The number of morpholine rings is 1. The minimum Gasteiger partial charge on any atom is -0.378 e. The normalized spacial score (nSPS) is 14.3. The average Bonchev–Trinajstić information content (AvgIpc) is 2.85. The molecule has 0 unspecified atom stereocenters. The lowest BCUT2D eigenvalue weighted by Crippen LogP contribution is -2.36. The van der Waals surface area contributed by atoms with Gasteiger partial charge in [-0.3, -0.25) is 0 Å². The van der Waals surface area contributed by atoms with Crippen LogP contribution in [0.15, 0.2) is 64.6 Å². The van der Waals surface area contributed by atoms with E-state index < -0.39 is 10.0 Å². The highest BCUT2D eigenvalue weighted by molar-refractivity contribution is 7.98. The molecule has 4 rings (SSSR count). The van der Waals surface area contributed by atoms with Crippen LogP contribution in [0.3, 0.4) is 0 Å². The van der Waals surface area contributed by atoms with Crippen LogP contribution in [-0.2, 0) is 21.2 Å². The van der Waals surface area contributed by atoms with Crippen LogP contribution in [0.1, 0.15) is 11.3 Å². The third-order valence-corrected chi connectivity index (χ3v) is 7.64. The van der Waals surface area contributed by atoms with Crippen molar-refractivity contribution < 1.29 is 13.2 Å². The van der Waals surface area contributed by atoms with Crippen LogP contribution in [0.5, 0.6) is 0 Å². The van der Waals surface area contributed by atoms with Crippen LogP contribution in [0.4, 0.5) is 17.2 Å². The molecule has 8 nitrogen and oxygen atoms in total. The first-order valence-electron chi connectivity index (χ1n) is 10.6. The Morgan fingerprint density at radius 1 is 1.06 bits per heavy atom. The van der Waals surface area contributed by atoms with Crippen LogP contribution >= 0.6 is 11.8 Å². The van der Waals surface area contributed by atoms with Crippen molar-refractivity contribution >= 4 is 39.0 Å². The fraction of sp³-hybridized carbons (Fsp3) is 0.304. The summed E-state index contributed by atoms with van der Waals surface area (Å²) in [4.78, 5) is 12.2. The number of hydrogen-bond donors (Lipinski definition) is 2. The van der Waals surface area contributed by atoms with Gasteiger partial charge in [0.25, 0.3) is 0 Å². The first-order chi connectivity index (χ1) is 16.0. The van der Waals surface area contributed by atoms with Gasteiger partial charge in [-0.05, 0) is 49.2 Å². The third-order valence-electron chi connectivity index (χ3n) is 5.43. The smallest absolute Gasteiger partial charge is 0.240 e. The summed E-state index contributed by atoms with van der Waals surface area (Å²) in [6.45, 7) is 3.35. The predicted octanol–water partition coefficient (Wildman–Crippen LogP) is 3.28. The molecule has 2 N–H and O–H groups in total. The van der Waals surface area contributed by atoms with Crippen LogP contribution in [0.25, 0.3) is 0 Å². The molecule has 0 amide bonds. The second-order valence-electron chi connectivity index (χ2n) is 7.53. The lowest BCUT2D eigenvalue weighted by atomic mass is 10.1. The number of anilines is 3. The van der Waals surface area contributed by atoms with Gasteiger partial charge in [0.15, 0.2) is 0 Å². The summed E-state index contributed by atoms with van der Waals surface area (Å²) >= 11 is 1.53. The summed E-state index contributed by atoms with van der Waals surface area (Å²) in [6.07, 6.45) is 4.13. The number of nitrogens with one attached hydrogen (secondary N) is 2. The summed E-state index contributed by atoms with van der Waals surface area (Å²) in [5.41, 5.74) is 3.91. The summed E-state index contributed by atoms with van der Waals surface area (Å²) in [5, 5.41) is 3.26. The molecule has 1 saturated heterocycles. The second kappa shape index (κ2) is 10.5. The van der Waals surface area contributed by atoms with Crippen molar-refractivity contribution in [2.45, 2.75) is 16.2 Å². The zero-order valence-corrected chi connectivity index (χ0v) is 20.2. The van der Waals surface area contributed by atoms with E-state index in [9.17, 15) is 8.42 Å². The van der Waals surface area contributed by atoms with Gasteiger partial charge in [0.05, 0.1) is 29.5 Å². The van der Waals surface area contributed by atoms with Crippen LogP contribution < -0.4 is 14.9 Å². The molecular weight excluding hydrogens is 458 g/mol. The predicted molar refractivity (Wildman–Crippen MR) is 132 cm³/mol. The SMILES string of the molecule is CNS(=O)(=O)c1ccc(SC)c(Nc2cc(Cc3ccc(N4CCOCC4)cc3)ncn2)c1. The Kier molecular flexibility index (Phi) is 7.49. The van der Waals surface area contributed by atoms with Gasteiger partial charge in [0, 0.05) is 36.2 Å². The molecule has 0 bridgehead atoms. The third kappa shape index (κ3) is 5.83. The molecule has 174 valence electrons. The molecule has 10 heteroatoms. The van der Waals surface area contributed by atoms with Crippen molar-refractivity contribution in [1.29, 1.82) is 0 Å². The Bertz CT molecular complexity index is 1200. The highest BCUT2D eigenvalue weighted by atomic mass is 32.2. The van der Waals surface area contributed by atoms with Gasteiger partial charge < -0.3 is 15.0 Å². The van der Waals surface area contributed by atoms with E-state index >= 15 is 0 Å². The first kappa shape index (κ1) is 23.5. The molecule has 33 heavy (non-hydrogen) atoms. The van der Waals surface area contributed by atoms with E-state index in [1.165, 1.54) is 30.8 Å².